The number of hydrogen-bond acceptors (Lipinski definition) is 4. The molecule has 4 heteroatoms. The molecule has 0 unspecified atom stereocenters. The molecule has 0 amide bonds. The van der Waals surface area contributed by atoms with Crippen molar-refractivity contribution in [2.75, 3.05) is 0 Å². The van der Waals surface area contributed by atoms with Crippen LogP contribution in [0.1, 0.15) is 47.9 Å². The Kier molecular flexibility index (Phi) is 4.55. The monoisotopic (exact) mass is 380 g/mol. The van der Waals surface area contributed by atoms with Gasteiger partial charge in [-0.2, -0.15) is 0 Å². The maximum Gasteiger partial charge on any atom is 0.195 e. The van der Waals surface area contributed by atoms with E-state index in [-0.39, 0.29) is 12.2 Å². The van der Waals surface area contributed by atoms with Crippen molar-refractivity contribution in [3.63, 3.8) is 0 Å². The fourth-order valence-electron chi connectivity index (χ4n) is 4.46. The summed E-state index contributed by atoms with van der Waals surface area (Å²) in [5.74, 6) is -1.21. The van der Waals surface area contributed by atoms with E-state index >= 15 is 0 Å². The molecule has 0 spiro atoms. The summed E-state index contributed by atoms with van der Waals surface area (Å²) >= 11 is 0. The van der Waals surface area contributed by atoms with Crippen molar-refractivity contribution in [2.45, 2.75) is 76.5 Å². The van der Waals surface area contributed by atoms with Crippen LogP contribution in [0.25, 0.3) is 0 Å². The summed E-state index contributed by atoms with van der Waals surface area (Å²) in [6, 6.07) is 16.8. The number of benzene rings is 2. The van der Waals surface area contributed by atoms with Crippen LogP contribution < -0.4 is 0 Å². The molecule has 1 heterocycles. The summed E-state index contributed by atoms with van der Waals surface area (Å²) in [6.07, 6.45) is 3.58. The number of fused-ring (bicyclic) bond motifs is 2. The van der Waals surface area contributed by atoms with Gasteiger partial charge >= 0.3 is 0 Å². The molecular weight excluding hydrogens is 352 g/mol. The lowest BCUT2D eigenvalue weighted by atomic mass is 9.78. The van der Waals surface area contributed by atoms with Crippen LogP contribution >= 0.6 is 0 Å². The minimum atomic E-state index is -0.606. The topological polar surface area (TPSA) is 36.9 Å². The summed E-state index contributed by atoms with van der Waals surface area (Å²) in [7, 11) is 0. The Hall–Kier alpha value is -1.72. The quantitative estimate of drug-likeness (QED) is 0.721. The predicted octanol–water partition coefficient (Wildman–Crippen LogP) is 4.80. The van der Waals surface area contributed by atoms with Crippen LogP contribution in [0.4, 0.5) is 0 Å². The van der Waals surface area contributed by atoms with Crippen molar-refractivity contribution in [1.82, 2.24) is 0 Å². The molecule has 3 aliphatic rings. The molecule has 0 aromatic heterocycles. The van der Waals surface area contributed by atoms with Crippen LogP contribution in [0.5, 0.6) is 0 Å². The average molecular weight is 380 g/mol. The van der Waals surface area contributed by atoms with E-state index in [1.807, 2.05) is 0 Å². The first kappa shape index (κ1) is 18.3. The molecule has 4 atom stereocenters. The number of hydrogen-bond donors (Lipinski definition) is 0. The van der Waals surface area contributed by atoms with Crippen LogP contribution in [-0.4, -0.2) is 23.8 Å². The van der Waals surface area contributed by atoms with Crippen molar-refractivity contribution < 1.29 is 18.9 Å². The van der Waals surface area contributed by atoms with E-state index in [0.717, 1.165) is 25.7 Å². The molecule has 2 aromatic rings. The zero-order valence-corrected chi connectivity index (χ0v) is 16.6. The SMILES string of the molecule is Cc1cccc(CO[C@@]23CC[C@@H]2O[C@]2(OCc4cccc(C)c4)CC[C@@H]2O3)c1. The lowest BCUT2D eigenvalue weighted by molar-refractivity contribution is -0.494. The fraction of sp³-hybridized carbons (Fsp3) is 0.500. The largest absolute Gasteiger partial charge is 0.343 e. The molecule has 1 aliphatic heterocycles. The maximum atomic E-state index is 6.47. The lowest BCUT2D eigenvalue weighted by Gasteiger charge is -2.62. The van der Waals surface area contributed by atoms with Gasteiger partial charge in [-0.25, -0.2) is 0 Å². The second-order valence-electron chi connectivity index (χ2n) is 8.47. The number of rotatable bonds is 6. The van der Waals surface area contributed by atoms with Crippen LogP contribution in [0, 0.1) is 13.8 Å². The average Bonchev–Trinajstić information content (AvgIpc) is 2.66. The van der Waals surface area contributed by atoms with Gasteiger partial charge in [0.25, 0.3) is 0 Å². The van der Waals surface area contributed by atoms with E-state index < -0.39 is 11.6 Å². The maximum absolute atomic E-state index is 6.47. The van der Waals surface area contributed by atoms with Crippen LogP contribution in [0.15, 0.2) is 48.5 Å². The summed E-state index contributed by atoms with van der Waals surface area (Å²) in [5, 5.41) is 0. The molecule has 3 fully saturated rings. The molecule has 148 valence electrons. The van der Waals surface area contributed by atoms with Crippen molar-refractivity contribution in [1.29, 1.82) is 0 Å². The van der Waals surface area contributed by atoms with E-state index in [2.05, 4.69) is 62.4 Å². The Balaban J connectivity index is 1.24. The molecule has 2 saturated carbocycles. The van der Waals surface area contributed by atoms with Gasteiger partial charge in [0.1, 0.15) is 12.2 Å². The Morgan fingerprint density at radius 1 is 0.786 bits per heavy atom. The van der Waals surface area contributed by atoms with Gasteiger partial charge in [0, 0.05) is 12.8 Å². The van der Waals surface area contributed by atoms with Gasteiger partial charge in [-0.15, -0.1) is 0 Å². The third-order valence-electron chi connectivity index (χ3n) is 6.31. The Bertz CT molecular complexity index is 794. The van der Waals surface area contributed by atoms with E-state index in [9.17, 15) is 0 Å². The highest BCUT2D eigenvalue weighted by molar-refractivity contribution is 5.22. The van der Waals surface area contributed by atoms with E-state index in [0.29, 0.717) is 13.2 Å². The smallest absolute Gasteiger partial charge is 0.195 e. The Morgan fingerprint density at radius 2 is 1.25 bits per heavy atom. The summed E-state index contributed by atoms with van der Waals surface area (Å²) in [4.78, 5) is 0. The molecule has 4 nitrogen and oxygen atoms in total. The highest BCUT2D eigenvalue weighted by atomic mass is 16.8. The Morgan fingerprint density at radius 3 is 1.61 bits per heavy atom. The number of ether oxygens (including phenoxy) is 4. The first-order valence-corrected chi connectivity index (χ1v) is 10.3. The predicted molar refractivity (Wildman–Crippen MR) is 106 cm³/mol. The summed E-state index contributed by atoms with van der Waals surface area (Å²) in [6.45, 7) is 5.29. The normalized spacial score (nSPS) is 33.4. The van der Waals surface area contributed by atoms with Crippen LogP contribution in [-0.2, 0) is 32.2 Å². The molecule has 28 heavy (non-hydrogen) atoms. The van der Waals surface area contributed by atoms with Crippen molar-refractivity contribution in [2.24, 2.45) is 0 Å². The molecule has 2 aliphatic carbocycles. The van der Waals surface area contributed by atoms with E-state index in [1.54, 1.807) is 0 Å². The highest BCUT2D eigenvalue weighted by Gasteiger charge is 2.66. The van der Waals surface area contributed by atoms with Crippen LogP contribution in [0.3, 0.4) is 0 Å². The molecule has 0 radical (unpaired) electrons. The molecule has 2 aromatic carbocycles. The minimum Gasteiger partial charge on any atom is -0.343 e. The van der Waals surface area contributed by atoms with Gasteiger partial charge < -0.3 is 18.9 Å². The van der Waals surface area contributed by atoms with Gasteiger partial charge in [-0.1, -0.05) is 59.7 Å². The second-order valence-corrected chi connectivity index (χ2v) is 8.47. The summed E-state index contributed by atoms with van der Waals surface area (Å²) < 4.78 is 25.5. The Labute approximate surface area is 166 Å². The molecular formula is C24H28O4. The van der Waals surface area contributed by atoms with Gasteiger partial charge in [0.15, 0.2) is 11.6 Å². The molecule has 0 bridgehead atoms. The first-order valence-electron chi connectivity index (χ1n) is 10.3. The third-order valence-corrected chi connectivity index (χ3v) is 6.31. The highest BCUT2D eigenvalue weighted by Crippen LogP contribution is 2.55. The zero-order chi connectivity index (χ0) is 19.2. The first-order chi connectivity index (χ1) is 13.6. The van der Waals surface area contributed by atoms with Crippen molar-refractivity contribution >= 4 is 0 Å². The van der Waals surface area contributed by atoms with Crippen LogP contribution in [0.2, 0.25) is 0 Å². The number of aryl methyl sites for hydroxylation is 2. The second kappa shape index (κ2) is 6.96. The molecule has 5 rings (SSSR count). The third kappa shape index (κ3) is 3.18. The van der Waals surface area contributed by atoms with Gasteiger partial charge in [-0.3, -0.25) is 0 Å². The minimum absolute atomic E-state index is 0.0497. The van der Waals surface area contributed by atoms with Gasteiger partial charge in [0.2, 0.25) is 0 Å². The fourth-order valence-corrected chi connectivity index (χ4v) is 4.46. The van der Waals surface area contributed by atoms with Crippen molar-refractivity contribution in [3.8, 4) is 0 Å². The lowest BCUT2D eigenvalue weighted by Crippen LogP contribution is -2.73. The van der Waals surface area contributed by atoms with E-state index in [4.69, 9.17) is 18.9 Å². The molecule has 0 N–H and O–H groups in total. The van der Waals surface area contributed by atoms with Gasteiger partial charge in [0.05, 0.1) is 13.2 Å². The van der Waals surface area contributed by atoms with E-state index in [1.165, 1.54) is 22.3 Å². The summed E-state index contributed by atoms with van der Waals surface area (Å²) in [5.41, 5.74) is 4.83. The molecule has 1 saturated heterocycles. The standard InChI is InChI=1S/C24H28O4/c1-17-5-3-7-19(13-17)15-25-23-11-9-21(23)28-24(12-10-22(24)27-23)26-16-20-8-4-6-18(2)14-20/h3-8,13-14,21-22H,9-12,15-16H2,1-2H3/t21-,22-,23+,24+/m0/s1. The zero-order valence-electron chi connectivity index (χ0n) is 16.6. The van der Waals surface area contributed by atoms with Gasteiger partial charge in [-0.05, 0) is 37.8 Å². The van der Waals surface area contributed by atoms with Crippen molar-refractivity contribution in [3.05, 3.63) is 70.8 Å².